The van der Waals surface area contributed by atoms with E-state index in [0.29, 0.717) is 25.2 Å². The molecule has 0 spiro atoms. The first-order valence-electron chi connectivity index (χ1n) is 6.88. The van der Waals surface area contributed by atoms with E-state index in [1.807, 2.05) is 6.07 Å². The van der Waals surface area contributed by atoms with Crippen LogP contribution in [0.3, 0.4) is 0 Å². The molecule has 0 bridgehead atoms. The first kappa shape index (κ1) is 15.5. The van der Waals surface area contributed by atoms with Crippen LogP contribution in [-0.2, 0) is 15.9 Å². The van der Waals surface area contributed by atoms with Gasteiger partial charge < -0.3 is 19.5 Å². The minimum atomic E-state index is -0.138. The summed E-state index contributed by atoms with van der Waals surface area (Å²) in [5.41, 5.74) is 1.53. The number of amides is 1. The van der Waals surface area contributed by atoms with Gasteiger partial charge in [-0.05, 0) is 30.2 Å². The zero-order chi connectivity index (χ0) is 15.2. The molecule has 0 unspecified atom stereocenters. The monoisotopic (exact) mass is 291 g/mol. The molecule has 1 saturated heterocycles. The number of hydrogen-bond donors (Lipinski definition) is 1. The minimum Gasteiger partial charge on any atom is -0.496 e. The molecule has 5 nitrogen and oxygen atoms in total. The highest BCUT2D eigenvalue weighted by Gasteiger charge is 2.29. The third-order valence-corrected chi connectivity index (χ3v) is 3.55. The van der Waals surface area contributed by atoms with Gasteiger partial charge in [0.05, 0.1) is 26.4 Å². The highest BCUT2D eigenvalue weighted by atomic mass is 16.5. The Kier molecular flexibility index (Phi) is 5.36. The Labute approximate surface area is 124 Å². The number of allylic oxidation sites excluding steroid dienone is 1. The summed E-state index contributed by atoms with van der Waals surface area (Å²) in [6.45, 7) is 4.70. The van der Waals surface area contributed by atoms with Crippen LogP contribution in [0.4, 0.5) is 0 Å². The van der Waals surface area contributed by atoms with Crippen LogP contribution in [0.2, 0.25) is 0 Å². The van der Waals surface area contributed by atoms with E-state index in [0.717, 1.165) is 11.3 Å². The summed E-state index contributed by atoms with van der Waals surface area (Å²) in [7, 11) is 3.23. The summed E-state index contributed by atoms with van der Waals surface area (Å²) >= 11 is 0. The number of carbonyl (C=O) groups excluding carboxylic acids is 1. The number of benzene rings is 1. The number of carbonyl (C=O) groups is 1. The zero-order valence-corrected chi connectivity index (χ0v) is 12.4. The average Bonchev–Trinajstić information content (AvgIpc) is 2.94. The molecule has 1 aliphatic rings. The van der Waals surface area contributed by atoms with Gasteiger partial charge in [0.2, 0.25) is 0 Å². The van der Waals surface area contributed by atoms with E-state index in [4.69, 9.17) is 14.2 Å². The third-order valence-electron chi connectivity index (χ3n) is 3.55. The van der Waals surface area contributed by atoms with Crippen molar-refractivity contribution in [3.8, 4) is 5.75 Å². The maximum atomic E-state index is 12.3. The van der Waals surface area contributed by atoms with Crippen molar-refractivity contribution >= 4 is 5.91 Å². The van der Waals surface area contributed by atoms with Crippen LogP contribution in [-0.4, -0.2) is 45.5 Å². The fourth-order valence-corrected chi connectivity index (χ4v) is 2.39. The summed E-state index contributed by atoms with van der Waals surface area (Å²) in [6, 6.07) is 5.26. The first-order valence-corrected chi connectivity index (χ1v) is 6.88. The molecule has 5 heteroatoms. The summed E-state index contributed by atoms with van der Waals surface area (Å²) in [5, 5.41) is 2.95. The van der Waals surface area contributed by atoms with Crippen LogP contribution < -0.4 is 10.1 Å². The standard InChI is InChI=1S/C16H21NO4/c1-4-5-11-8-12(6-7-14(11)19-2)16(18)17-13-9-21-10-15(13)20-3/h4,6-8,13,15H,1,5,9-10H2,2-3H3,(H,17,18)/t13-,15-/m0/s1. The van der Waals surface area contributed by atoms with Gasteiger partial charge >= 0.3 is 0 Å². The van der Waals surface area contributed by atoms with Gasteiger partial charge in [0, 0.05) is 12.7 Å². The molecule has 2 atom stereocenters. The van der Waals surface area contributed by atoms with Gasteiger partial charge in [0.25, 0.3) is 5.91 Å². The fourth-order valence-electron chi connectivity index (χ4n) is 2.39. The van der Waals surface area contributed by atoms with E-state index in [1.54, 1.807) is 32.4 Å². The largest absolute Gasteiger partial charge is 0.496 e. The lowest BCUT2D eigenvalue weighted by molar-refractivity contribution is 0.0685. The zero-order valence-electron chi connectivity index (χ0n) is 12.4. The lowest BCUT2D eigenvalue weighted by Gasteiger charge is -2.18. The van der Waals surface area contributed by atoms with Crippen LogP contribution in [0.5, 0.6) is 5.75 Å². The second-order valence-electron chi connectivity index (χ2n) is 4.91. The van der Waals surface area contributed by atoms with E-state index in [2.05, 4.69) is 11.9 Å². The molecule has 1 fully saturated rings. The molecule has 0 radical (unpaired) electrons. The van der Waals surface area contributed by atoms with E-state index >= 15 is 0 Å². The van der Waals surface area contributed by atoms with Gasteiger partial charge in [-0.25, -0.2) is 0 Å². The topological polar surface area (TPSA) is 56.8 Å². The smallest absolute Gasteiger partial charge is 0.251 e. The minimum absolute atomic E-state index is 0.0974. The lowest BCUT2D eigenvalue weighted by atomic mass is 10.1. The van der Waals surface area contributed by atoms with Crippen LogP contribution in [0.25, 0.3) is 0 Å². The molecule has 0 aliphatic carbocycles. The van der Waals surface area contributed by atoms with E-state index in [-0.39, 0.29) is 18.1 Å². The van der Waals surface area contributed by atoms with Crippen molar-refractivity contribution < 1.29 is 19.0 Å². The molecule has 1 aromatic rings. The van der Waals surface area contributed by atoms with Gasteiger partial charge in [-0.2, -0.15) is 0 Å². The van der Waals surface area contributed by atoms with Gasteiger partial charge in [0.1, 0.15) is 11.9 Å². The molecule has 1 aromatic carbocycles. The van der Waals surface area contributed by atoms with Crippen molar-refractivity contribution in [2.45, 2.75) is 18.6 Å². The number of hydrogen-bond acceptors (Lipinski definition) is 4. The molecule has 1 amide bonds. The predicted molar refractivity (Wildman–Crippen MR) is 79.8 cm³/mol. The number of methoxy groups -OCH3 is 2. The van der Waals surface area contributed by atoms with Crippen LogP contribution in [0.15, 0.2) is 30.9 Å². The Morgan fingerprint density at radius 1 is 1.48 bits per heavy atom. The SMILES string of the molecule is C=CCc1cc(C(=O)N[C@H]2COC[C@@H]2OC)ccc1OC. The van der Waals surface area contributed by atoms with E-state index in [1.165, 1.54) is 0 Å². The van der Waals surface area contributed by atoms with Gasteiger partial charge in [-0.3, -0.25) is 4.79 Å². The molecule has 1 heterocycles. The predicted octanol–water partition coefficient (Wildman–Crippen LogP) is 1.57. The fraction of sp³-hybridized carbons (Fsp3) is 0.438. The van der Waals surface area contributed by atoms with E-state index < -0.39 is 0 Å². The third kappa shape index (κ3) is 3.62. The van der Waals surface area contributed by atoms with Crippen molar-refractivity contribution in [3.05, 3.63) is 42.0 Å². The summed E-state index contributed by atoms with van der Waals surface area (Å²) in [5.74, 6) is 0.617. The maximum absolute atomic E-state index is 12.3. The Morgan fingerprint density at radius 3 is 2.95 bits per heavy atom. The molecule has 1 N–H and O–H groups in total. The number of ether oxygens (including phenoxy) is 3. The maximum Gasteiger partial charge on any atom is 0.251 e. The number of rotatable bonds is 6. The van der Waals surface area contributed by atoms with Crippen LogP contribution in [0, 0.1) is 0 Å². The summed E-state index contributed by atoms with van der Waals surface area (Å²) in [4.78, 5) is 12.3. The van der Waals surface area contributed by atoms with E-state index in [9.17, 15) is 4.79 Å². The molecule has 114 valence electrons. The Hall–Kier alpha value is -1.85. The highest BCUT2D eigenvalue weighted by Crippen LogP contribution is 2.21. The second-order valence-corrected chi connectivity index (χ2v) is 4.91. The molecule has 0 aromatic heterocycles. The average molecular weight is 291 g/mol. The van der Waals surface area contributed by atoms with Crippen molar-refractivity contribution in [3.63, 3.8) is 0 Å². The quantitative estimate of drug-likeness (QED) is 0.808. The summed E-state index contributed by atoms with van der Waals surface area (Å²) < 4.78 is 15.9. The summed E-state index contributed by atoms with van der Waals surface area (Å²) in [6.07, 6.45) is 2.34. The molecular formula is C16H21NO4. The molecular weight excluding hydrogens is 270 g/mol. The van der Waals surface area contributed by atoms with Gasteiger partial charge in [-0.15, -0.1) is 6.58 Å². The lowest BCUT2D eigenvalue weighted by Crippen LogP contribution is -2.43. The van der Waals surface area contributed by atoms with Crippen molar-refractivity contribution in [2.24, 2.45) is 0 Å². The Morgan fingerprint density at radius 2 is 2.29 bits per heavy atom. The Balaban J connectivity index is 2.11. The number of nitrogens with one attached hydrogen (secondary N) is 1. The van der Waals surface area contributed by atoms with Crippen LogP contribution in [0.1, 0.15) is 15.9 Å². The van der Waals surface area contributed by atoms with Crippen LogP contribution >= 0.6 is 0 Å². The van der Waals surface area contributed by atoms with Crippen molar-refractivity contribution in [1.29, 1.82) is 0 Å². The van der Waals surface area contributed by atoms with Gasteiger partial charge in [0.15, 0.2) is 0 Å². The Bertz CT molecular complexity index is 515. The molecule has 2 rings (SSSR count). The van der Waals surface area contributed by atoms with Crippen molar-refractivity contribution in [2.75, 3.05) is 27.4 Å². The second kappa shape index (κ2) is 7.24. The highest BCUT2D eigenvalue weighted by molar-refractivity contribution is 5.94. The van der Waals surface area contributed by atoms with Gasteiger partial charge in [-0.1, -0.05) is 6.08 Å². The molecule has 21 heavy (non-hydrogen) atoms. The van der Waals surface area contributed by atoms with Crippen molar-refractivity contribution in [1.82, 2.24) is 5.32 Å². The molecule has 0 saturated carbocycles. The normalized spacial score (nSPS) is 21.0. The first-order chi connectivity index (χ1) is 10.2. The molecule has 1 aliphatic heterocycles.